The van der Waals surface area contributed by atoms with Gasteiger partial charge in [-0.2, -0.15) is 0 Å². The first-order valence-corrected chi connectivity index (χ1v) is 6.05. The molecular formula is C13H16N2O4. The molecule has 0 aliphatic carbocycles. The van der Waals surface area contributed by atoms with Crippen LogP contribution >= 0.6 is 0 Å². The molecule has 0 saturated carbocycles. The number of aliphatic hydroxyl groups excluding tert-OH is 1. The predicted octanol–water partition coefficient (Wildman–Crippen LogP) is 1.29. The number of urea groups is 1. The minimum atomic E-state index is -1.02. The molecule has 1 aliphatic rings. The van der Waals surface area contributed by atoms with Crippen LogP contribution in [0.5, 0.6) is 0 Å². The molecule has 6 nitrogen and oxygen atoms in total. The number of nitrogens with one attached hydrogen (secondary N) is 1. The lowest BCUT2D eigenvalue weighted by Gasteiger charge is -2.16. The minimum Gasteiger partial charge on any atom is -0.478 e. The number of amides is 2. The van der Waals surface area contributed by atoms with Gasteiger partial charge in [0, 0.05) is 18.8 Å². The van der Waals surface area contributed by atoms with Crippen LogP contribution < -0.4 is 5.32 Å². The number of nitrogens with zero attached hydrogens (tertiary/aromatic N) is 1. The molecule has 1 aromatic rings. The van der Waals surface area contributed by atoms with E-state index in [4.69, 9.17) is 5.11 Å². The average molecular weight is 264 g/mol. The van der Waals surface area contributed by atoms with Gasteiger partial charge in [0.25, 0.3) is 0 Å². The number of likely N-dealkylation sites (tertiary alicyclic amines) is 1. The molecule has 1 saturated heterocycles. The van der Waals surface area contributed by atoms with Gasteiger partial charge in [0.05, 0.1) is 11.7 Å². The third-order valence-electron chi connectivity index (χ3n) is 3.17. The van der Waals surface area contributed by atoms with Crippen LogP contribution in [0.1, 0.15) is 22.3 Å². The number of aliphatic hydroxyl groups is 1. The molecule has 0 bridgehead atoms. The van der Waals surface area contributed by atoms with E-state index in [1.165, 1.54) is 11.0 Å². The largest absolute Gasteiger partial charge is 0.478 e. The quantitative estimate of drug-likeness (QED) is 0.750. The lowest BCUT2D eigenvalue weighted by molar-refractivity contribution is 0.0696. The first-order chi connectivity index (χ1) is 8.97. The molecule has 0 aromatic heterocycles. The van der Waals surface area contributed by atoms with E-state index in [1.807, 2.05) is 0 Å². The minimum absolute atomic E-state index is 0.166. The highest BCUT2D eigenvalue weighted by Crippen LogP contribution is 2.17. The lowest BCUT2D eigenvalue weighted by Crippen LogP contribution is -2.33. The van der Waals surface area contributed by atoms with Crippen LogP contribution in [0, 0.1) is 6.92 Å². The number of carboxylic acids is 1. The van der Waals surface area contributed by atoms with Crippen molar-refractivity contribution in [2.75, 3.05) is 18.4 Å². The van der Waals surface area contributed by atoms with Crippen molar-refractivity contribution in [1.29, 1.82) is 0 Å². The van der Waals surface area contributed by atoms with E-state index in [0.717, 1.165) is 0 Å². The van der Waals surface area contributed by atoms with Gasteiger partial charge < -0.3 is 20.4 Å². The van der Waals surface area contributed by atoms with E-state index in [1.54, 1.807) is 19.1 Å². The number of hydrogen-bond donors (Lipinski definition) is 3. The highest BCUT2D eigenvalue weighted by Gasteiger charge is 2.24. The van der Waals surface area contributed by atoms with Gasteiger partial charge in [-0.15, -0.1) is 0 Å². The Morgan fingerprint density at radius 2 is 2.16 bits per heavy atom. The van der Waals surface area contributed by atoms with Crippen LogP contribution in [0.2, 0.25) is 0 Å². The highest BCUT2D eigenvalue weighted by molar-refractivity contribution is 5.94. The van der Waals surface area contributed by atoms with E-state index < -0.39 is 12.1 Å². The van der Waals surface area contributed by atoms with Crippen LogP contribution in [0.3, 0.4) is 0 Å². The molecule has 0 spiro atoms. The van der Waals surface area contributed by atoms with Crippen molar-refractivity contribution < 1.29 is 19.8 Å². The Kier molecular flexibility index (Phi) is 3.71. The smallest absolute Gasteiger partial charge is 0.336 e. The Labute approximate surface area is 110 Å². The molecule has 2 amide bonds. The second-order valence-electron chi connectivity index (χ2n) is 4.65. The number of hydrogen-bond acceptors (Lipinski definition) is 3. The van der Waals surface area contributed by atoms with Crippen molar-refractivity contribution in [3.05, 3.63) is 29.3 Å². The van der Waals surface area contributed by atoms with E-state index in [2.05, 4.69) is 5.32 Å². The molecule has 2 rings (SSSR count). The summed E-state index contributed by atoms with van der Waals surface area (Å²) in [6.45, 7) is 2.51. The number of carbonyl (C=O) groups is 2. The molecule has 1 unspecified atom stereocenters. The van der Waals surface area contributed by atoms with Crippen molar-refractivity contribution in [1.82, 2.24) is 4.90 Å². The second-order valence-corrected chi connectivity index (χ2v) is 4.65. The number of carbonyl (C=O) groups excluding carboxylic acids is 1. The maximum atomic E-state index is 11.9. The second kappa shape index (κ2) is 5.27. The summed E-state index contributed by atoms with van der Waals surface area (Å²) in [6.07, 6.45) is 0.0974. The molecule has 6 heteroatoms. The average Bonchev–Trinajstić information content (AvgIpc) is 2.78. The maximum absolute atomic E-state index is 11.9. The fourth-order valence-electron chi connectivity index (χ4n) is 2.06. The third kappa shape index (κ3) is 3.03. The van der Waals surface area contributed by atoms with Crippen molar-refractivity contribution in [2.24, 2.45) is 0 Å². The molecule has 19 heavy (non-hydrogen) atoms. The van der Waals surface area contributed by atoms with Crippen LogP contribution in [-0.2, 0) is 0 Å². The lowest BCUT2D eigenvalue weighted by atomic mass is 10.1. The summed E-state index contributed by atoms with van der Waals surface area (Å²) in [6, 6.07) is 4.42. The number of β-amino-alcohol motifs (C(OH)–C–C–N with tert-alkyl or cyclic N) is 1. The van der Waals surface area contributed by atoms with Crippen LogP contribution in [0.25, 0.3) is 0 Å². The molecular weight excluding hydrogens is 248 g/mol. The van der Waals surface area contributed by atoms with Gasteiger partial charge in [0.15, 0.2) is 0 Å². The van der Waals surface area contributed by atoms with Crippen molar-refractivity contribution in [3.8, 4) is 0 Å². The number of benzene rings is 1. The Balaban J connectivity index is 2.09. The molecule has 1 fully saturated rings. The van der Waals surface area contributed by atoms with Gasteiger partial charge in [-0.3, -0.25) is 0 Å². The SMILES string of the molecule is Cc1ccc(NC(=O)N2CCC(O)C2)cc1C(=O)O. The maximum Gasteiger partial charge on any atom is 0.336 e. The monoisotopic (exact) mass is 264 g/mol. The summed E-state index contributed by atoms with van der Waals surface area (Å²) in [5.74, 6) is -1.02. The van der Waals surface area contributed by atoms with Crippen molar-refractivity contribution in [2.45, 2.75) is 19.4 Å². The molecule has 1 heterocycles. The highest BCUT2D eigenvalue weighted by atomic mass is 16.4. The fraction of sp³-hybridized carbons (Fsp3) is 0.385. The Morgan fingerprint density at radius 3 is 2.74 bits per heavy atom. The van der Waals surface area contributed by atoms with Crippen molar-refractivity contribution in [3.63, 3.8) is 0 Å². The zero-order valence-corrected chi connectivity index (χ0v) is 10.6. The Morgan fingerprint density at radius 1 is 1.42 bits per heavy atom. The van der Waals surface area contributed by atoms with E-state index in [9.17, 15) is 14.7 Å². The fourth-order valence-corrected chi connectivity index (χ4v) is 2.06. The standard InChI is InChI=1S/C13H16N2O4/c1-8-2-3-9(6-11(8)12(17)18)14-13(19)15-5-4-10(16)7-15/h2-3,6,10,16H,4-5,7H2,1H3,(H,14,19)(H,17,18). The van der Waals surface area contributed by atoms with Gasteiger partial charge in [0.2, 0.25) is 0 Å². The van der Waals surface area contributed by atoms with Crippen molar-refractivity contribution >= 4 is 17.7 Å². The summed E-state index contributed by atoms with van der Waals surface area (Å²) in [7, 11) is 0. The summed E-state index contributed by atoms with van der Waals surface area (Å²) in [5, 5.41) is 21.0. The molecule has 1 atom stereocenters. The van der Waals surface area contributed by atoms with Crippen LogP contribution in [0.4, 0.5) is 10.5 Å². The van der Waals surface area contributed by atoms with Gasteiger partial charge in [-0.05, 0) is 31.0 Å². The normalized spacial score (nSPS) is 18.4. The predicted molar refractivity (Wildman–Crippen MR) is 69.4 cm³/mol. The van der Waals surface area contributed by atoms with Crippen LogP contribution in [-0.4, -0.2) is 46.3 Å². The molecule has 3 N–H and O–H groups in total. The van der Waals surface area contributed by atoms with Gasteiger partial charge >= 0.3 is 12.0 Å². The topological polar surface area (TPSA) is 89.9 Å². The molecule has 1 aliphatic heterocycles. The van der Waals surface area contributed by atoms with Crippen LogP contribution in [0.15, 0.2) is 18.2 Å². The van der Waals surface area contributed by atoms with E-state index in [0.29, 0.717) is 30.8 Å². The molecule has 0 radical (unpaired) electrons. The summed E-state index contributed by atoms with van der Waals surface area (Å²) in [4.78, 5) is 24.4. The Hall–Kier alpha value is -2.08. The number of rotatable bonds is 2. The van der Waals surface area contributed by atoms with Gasteiger partial charge in [-0.1, -0.05) is 6.07 Å². The zero-order valence-electron chi connectivity index (χ0n) is 10.6. The number of carboxylic acid groups (broad SMARTS) is 1. The van der Waals surface area contributed by atoms with Gasteiger partial charge in [-0.25, -0.2) is 9.59 Å². The molecule has 1 aromatic carbocycles. The summed E-state index contributed by atoms with van der Waals surface area (Å²) in [5.41, 5.74) is 1.25. The number of aromatic carboxylic acids is 1. The van der Waals surface area contributed by atoms with E-state index >= 15 is 0 Å². The molecule has 102 valence electrons. The third-order valence-corrected chi connectivity index (χ3v) is 3.17. The zero-order chi connectivity index (χ0) is 14.0. The first-order valence-electron chi connectivity index (χ1n) is 6.05. The summed E-state index contributed by atoms with van der Waals surface area (Å²) >= 11 is 0. The van der Waals surface area contributed by atoms with Gasteiger partial charge in [0.1, 0.15) is 0 Å². The number of anilines is 1. The first kappa shape index (κ1) is 13.4. The number of aryl methyl sites for hydroxylation is 1. The summed E-state index contributed by atoms with van der Waals surface area (Å²) < 4.78 is 0. The Bertz CT molecular complexity index is 515. The van der Waals surface area contributed by atoms with E-state index in [-0.39, 0.29) is 11.6 Å².